The number of benzene rings is 2. The predicted molar refractivity (Wildman–Crippen MR) is 148 cm³/mol. The smallest absolute Gasteiger partial charge is 0.347 e. The van der Waals surface area contributed by atoms with Crippen molar-refractivity contribution >= 4 is 61.6 Å². The molecule has 10 heteroatoms. The van der Waals surface area contributed by atoms with Gasteiger partial charge in [0.1, 0.15) is 5.82 Å². The number of unbranched alkanes of at least 4 members (excludes halogenated alkanes) is 1. The van der Waals surface area contributed by atoms with Crippen molar-refractivity contribution in [3.05, 3.63) is 60.1 Å². The van der Waals surface area contributed by atoms with Gasteiger partial charge in [-0.3, -0.25) is 4.79 Å². The third kappa shape index (κ3) is 6.60. The Hall–Kier alpha value is -2.47. The van der Waals surface area contributed by atoms with Crippen LogP contribution in [0.2, 0.25) is 0 Å². The quantitative estimate of drug-likeness (QED) is 0.167. The molecule has 35 heavy (non-hydrogen) atoms. The molecular formula is C25H27BrIN3O5. The SMILES string of the molecule is CCCCc1nc2ccc(Br)cc2c(=O)n1N=Cc1cc(I)c(O[C@@H](C)C(=O)OCC)c(OC)c1. The molecule has 0 aliphatic rings. The van der Waals surface area contributed by atoms with Crippen LogP contribution in [-0.2, 0) is 16.0 Å². The standard InChI is InChI=1S/C25H27BrIN3O5/c1-5-7-8-22-29-20-10-9-17(26)13-18(20)24(31)30(22)28-14-16-11-19(27)23(21(12-16)33-4)35-15(3)25(32)34-6-2/h9-15H,5-8H2,1-4H3/t15-/m0/s1. The summed E-state index contributed by atoms with van der Waals surface area (Å²) in [5.41, 5.74) is 1.11. The van der Waals surface area contributed by atoms with Crippen LogP contribution >= 0.6 is 38.5 Å². The summed E-state index contributed by atoms with van der Waals surface area (Å²) in [5, 5.41) is 4.98. The zero-order valence-corrected chi connectivity index (χ0v) is 23.8. The monoisotopic (exact) mass is 655 g/mol. The Morgan fingerprint density at radius 1 is 1.29 bits per heavy atom. The molecule has 1 heterocycles. The zero-order valence-electron chi connectivity index (χ0n) is 20.0. The van der Waals surface area contributed by atoms with Gasteiger partial charge in [0, 0.05) is 10.9 Å². The zero-order chi connectivity index (χ0) is 25.5. The van der Waals surface area contributed by atoms with Crippen LogP contribution in [0.4, 0.5) is 0 Å². The van der Waals surface area contributed by atoms with Crippen molar-refractivity contribution < 1.29 is 19.0 Å². The molecule has 0 aliphatic heterocycles. The van der Waals surface area contributed by atoms with E-state index in [0.717, 1.165) is 20.9 Å². The summed E-state index contributed by atoms with van der Waals surface area (Å²) < 4.78 is 19.2. The number of methoxy groups -OCH3 is 1. The van der Waals surface area contributed by atoms with E-state index >= 15 is 0 Å². The van der Waals surface area contributed by atoms with E-state index in [0.29, 0.717) is 40.2 Å². The summed E-state index contributed by atoms with van der Waals surface area (Å²) in [6, 6.07) is 9.02. The van der Waals surface area contributed by atoms with Gasteiger partial charge in [-0.2, -0.15) is 9.78 Å². The number of carbonyl (C=O) groups is 1. The minimum atomic E-state index is -0.792. The Kier molecular flexibility index (Phi) is 9.67. The highest BCUT2D eigenvalue weighted by atomic mass is 127. The molecule has 0 saturated heterocycles. The minimum Gasteiger partial charge on any atom is -0.493 e. The molecule has 1 aromatic heterocycles. The highest BCUT2D eigenvalue weighted by molar-refractivity contribution is 14.1. The van der Waals surface area contributed by atoms with Gasteiger partial charge in [-0.25, -0.2) is 9.78 Å². The first kappa shape index (κ1) is 27.1. The molecule has 186 valence electrons. The molecule has 8 nitrogen and oxygen atoms in total. The number of fused-ring (bicyclic) bond motifs is 1. The maximum atomic E-state index is 13.3. The van der Waals surface area contributed by atoms with Gasteiger partial charge in [0.05, 0.1) is 34.4 Å². The van der Waals surface area contributed by atoms with Gasteiger partial charge in [-0.15, -0.1) is 0 Å². The summed E-state index contributed by atoms with van der Waals surface area (Å²) in [6.45, 7) is 5.73. The second-order valence-corrected chi connectivity index (χ2v) is 9.78. The van der Waals surface area contributed by atoms with Gasteiger partial charge in [-0.05, 0) is 78.8 Å². The number of ether oxygens (including phenoxy) is 3. The number of rotatable bonds is 10. The molecule has 0 N–H and O–H groups in total. The number of aromatic nitrogens is 2. The summed E-state index contributed by atoms with van der Waals surface area (Å²) in [4.78, 5) is 29.9. The van der Waals surface area contributed by atoms with E-state index in [1.165, 1.54) is 11.8 Å². The van der Waals surface area contributed by atoms with Crippen molar-refractivity contribution in [3.8, 4) is 11.5 Å². The maximum absolute atomic E-state index is 13.3. The van der Waals surface area contributed by atoms with Crippen molar-refractivity contribution in [1.82, 2.24) is 9.66 Å². The van der Waals surface area contributed by atoms with Crippen molar-refractivity contribution in [1.29, 1.82) is 0 Å². The van der Waals surface area contributed by atoms with Crippen molar-refractivity contribution in [2.45, 2.75) is 46.1 Å². The average molecular weight is 656 g/mol. The van der Waals surface area contributed by atoms with Crippen LogP contribution in [0, 0.1) is 3.57 Å². The van der Waals surface area contributed by atoms with Crippen LogP contribution < -0.4 is 15.0 Å². The lowest BCUT2D eigenvalue weighted by Gasteiger charge is -2.17. The molecule has 0 saturated carbocycles. The van der Waals surface area contributed by atoms with Gasteiger partial charge in [-0.1, -0.05) is 29.3 Å². The first-order valence-electron chi connectivity index (χ1n) is 11.2. The third-order valence-corrected chi connectivity index (χ3v) is 6.41. The van der Waals surface area contributed by atoms with Crippen molar-refractivity contribution in [3.63, 3.8) is 0 Å². The van der Waals surface area contributed by atoms with Crippen LogP contribution in [0.15, 0.2) is 44.7 Å². The second-order valence-electron chi connectivity index (χ2n) is 7.70. The van der Waals surface area contributed by atoms with E-state index in [9.17, 15) is 9.59 Å². The van der Waals surface area contributed by atoms with Crippen LogP contribution in [0.25, 0.3) is 10.9 Å². The fourth-order valence-corrected chi connectivity index (χ4v) is 4.46. The number of hydrogen-bond acceptors (Lipinski definition) is 7. The normalized spacial score (nSPS) is 12.2. The Bertz CT molecular complexity index is 1310. The summed E-state index contributed by atoms with van der Waals surface area (Å²) in [7, 11) is 1.52. The molecule has 2 aromatic carbocycles. The lowest BCUT2D eigenvalue weighted by molar-refractivity contribution is -0.150. The van der Waals surface area contributed by atoms with Gasteiger partial charge in [0.2, 0.25) is 0 Å². The molecule has 3 rings (SSSR count). The van der Waals surface area contributed by atoms with Crippen LogP contribution in [0.3, 0.4) is 0 Å². The summed E-state index contributed by atoms with van der Waals surface area (Å²) in [5.74, 6) is 1.02. The molecule has 0 unspecified atom stereocenters. The number of aryl methyl sites for hydroxylation is 1. The van der Waals surface area contributed by atoms with E-state index in [1.807, 2.05) is 18.2 Å². The number of carbonyl (C=O) groups excluding carboxylic acids is 1. The molecular weight excluding hydrogens is 629 g/mol. The Labute approximate surface area is 225 Å². The third-order valence-electron chi connectivity index (χ3n) is 5.12. The van der Waals surface area contributed by atoms with Crippen molar-refractivity contribution in [2.75, 3.05) is 13.7 Å². The highest BCUT2D eigenvalue weighted by Crippen LogP contribution is 2.34. The topological polar surface area (TPSA) is 92.0 Å². The molecule has 0 amide bonds. The van der Waals surface area contributed by atoms with Gasteiger partial charge >= 0.3 is 5.97 Å². The molecule has 0 spiro atoms. The van der Waals surface area contributed by atoms with Gasteiger partial charge in [0.25, 0.3) is 5.56 Å². The lowest BCUT2D eigenvalue weighted by Crippen LogP contribution is -2.26. The minimum absolute atomic E-state index is 0.233. The Balaban J connectivity index is 2.00. The van der Waals surface area contributed by atoms with Crippen molar-refractivity contribution in [2.24, 2.45) is 5.10 Å². The summed E-state index contributed by atoms with van der Waals surface area (Å²) >= 11 is 5.53. The molecule has 0 aliphatic carbocycles. The van der Waals surface area contributed by atoms with Gasteiger partial charge < -0.3 is 14.2 Å². The number of esters is 1. The van der Waals surface area contributed by atoms with E-state index in [1.54, 1.807) is 32.2 Å². The molecule has 3 aromatic rings. The molecule has 1 atom stereocenters. The van der Waals surface area contributed by atoms with Gasteiger partial charge in [0.15, 0.2) is 17.6 Å². The fraction of sp³-hybridized carbons (Fsp3) is 0.360. The number of hydrogen-bond donors (Lipinski definition) is 0. The summed E-state index contributed by atoms with van der Waals surface area (Å²) in [6.07, 6.45) is 3.29. The van der Waals surface area contributed by atoms with E-state index < -0.39 is 12.1 Å². The maximum Gasteiger partial charge on any atom is 0.347 e. The van der Waals surface area contributed by atoms with Crippen LogP contribution in [0.1, 0.15) is 45.0 Å². The molecule has 0 radical (unpaired) electrons. The largest absolute Gasteiger partial charge is 0.493 e. The first-order chi connectivity index (χ1) is 16.8. The van der Waals surface area contributed by atoms with E-state index in [4.69, 9.17) is 19.2 Å². The first-order valence-corrected chi connectivity index (χ1v) is 13.1. The average Bonchev–Trinajstić information content (AvgIpc) is 2.84. The second kappa shape index (κ2) is 12.5. The van der Waals surface area contributed by atoms with Crippen LogP contribution in [0.5, 0.6) is 11.5 Å². The molecule has 0 fully saturated rings. The highest BCUT2D eigenvalue weighted by Gasteiger charge is 2.20. The Morgan fingerprint density at radius 3 is 2.74 bits per heavy atom. The predicted octanol–water partition coefficient (Wildman–Crippen LogP) is 5.33. The number of nitrogens with zero attached hydrogens (tertiary/aromatic N) is 3. The molecule has 0 bridgehead atoms. The number of halogens is 2. The van der Waals surface area contributed by atoms with Crippen LogP contribution in [-0.4, -0.2) is 41.7 Å². The lowest BCUT2D eigenvalue weighted by atomic mass is 10.2. The van der Waals surface area contributed by atoms with E-state index in [2.05, 4.69) is 50.5 Å². The Morgan fingerprint density at radius 2 is 2.06 bits per heavy atom. The fourth-order valence-electron chi connectivity index (χ4n) is 3.35. The van der Waals surface area contributed by atoms with E-state index in [-0.39, 0.29) is 12.2 Å².